The van der Waals surface area contributed by atoms with Gasteiger partial charge in [-0.15, -0.1) is 11.3 Å². The van der Waals surface area contributed by atoms with Gasteiger partial charge in [0.1, 0.15) is 5.57 Å². The normalized spacial score (nSPS) is 15.0. The fraction of sp³-hybridized carbons (Fsp3) is 0. The summed E-state index contributed by atoms with van der Waals surface area (Å²) in [5.41, 5.74) is 1.45. The second-order valence-electron chi connectivity index (χ2n) is 6.25. The van der Waals surface area contributed by atoms with Crippen molar-refractivity contribution >= 4 is 63.8 Å². The maximum absolute atomic E-state index is 13.0. The highest BCUT2D eigenvalue weighted by Gasteiger charge is 2.34. The Hall–Kier alpha value is -3.24. The minimum atomic E-state index is -0.527. The number of amides is 2. The van der Waals surface area contributed by atoms with E-state index < -0.39 is 11.8 Å². The zero-order valence-corrected chi connectivity index (χ0v) is 17.8. The molecule has 0 radical (unpaired) electrons. The molecule has 0 spiro atoms. The molecular weight excluding hydrogens is 436 g/mol. The van der Waals surface area contributed by atoms with Gasteiger partial charge in [-0.25, -0.2) is 0 Å². The topological polar surface area (TPSA) is 49.4 Å². The molecule has 30 heavy (non-hydrogen) atoms. The number of rotatable bonds is 2. The van der Waals surface area contributed by atoms with Gasteiger partial charge in [0.05, 0.1) is 10.6 Å². The van der Waals surface area contributed by atoms with Gasteiger partial charge in [-0.1, -0.05) is 41.6 Å². The van der Waals surface area contributed by atoms with E-state index in [4.69, 9.17) is 23.8 Å². The minimum Gasteiger partial charge on any atom is -0.298 e. The summed E-state index contributed by atoms with van der Waals surface area (Å²) in [6, 6.07) is 20.0. The predicted molar refractivity (Wildman–Crippen MR) is 124 cm³/mol. The fourth-order valence-electron chi connectivity index (χ4n) is 2.78. The van der Waals surface area contributed by atoms with E-state index >= 15 is 0 Å². The quantitative estimate of drug-likeness (QED) is 0.269. The molecule has 0 saturated carbocycles. The molecule has 0 bridgehead atoms. The van der Waals surface area contributed by atoms with Gasteiger partial charge >= 0.3 is 0 Å². The monoisotopic (exact) mass is 448 g/mol. The molecule has 1 N–H and O–H groups in total. The third kappa shape index (κ3) is 4.34. The molecule has 3 aromatic rings. The van der Waals surface area contributed by atoms with Crippen LogP contribution in [0.2, 0.25) is 5.02 Å². The van der Waals surface area contributed by atoms with Crippen molar-refractivity contribution in [2.24, 2.45) is 0 Å². The number of halogens is 1. The van der Waals surface area contributed by atoms with Gasteiger partial charge in [0, 0.05) is 15.5 Å². The third-order valence-corrected chi connectivity index (χ3v) is 5.69. The van der Waals surface area contributed by atoms with Crippen molar-refractivity contribution in [3.8, 4) is 11.8 Å². The third-order valence-electron chi connectivity index (χ3n) is 4.20. The first-order chi connectivity index (χ1) is 14.5. The number of nitrogens with one attached hydrogen (secondary N) is 1. The molecule has 1 aliphatic heterocycles. The molecular formula is C23H13ClN2O2S2. The van der Waals surface area contributed by atoms with E-state index in [1.165, 1.54) is 16.2 Å². The molecule has 0 aliphatic carbocycles. The van der Waals surface area contributed by atoms with E-state index in [-0.39, 0.29) is 10.7 Å². The molecule has 0 atom stereocenters. The summed E-state index contributed by atoms with van der Waals surface area (Å²) in [6.07, 6.45) is 1.56. The van der Waals surface area contributed by atoms with Crippen molar-refractivity contribution in [1.82, 2.24) is 5.32 Å². The number of benzene rings is 2. The van der Waals surface area contributed by atoms with E-state index in [2.05, 4.69) is 17.2 Å². The Bertz CT molecular complexity index is 1240. The van der Waals surface area contributed by atoms with Crippen LogP contribution in [0, 0.1) is 11.8 Å². The molecule has 2 aromatic carbocycles. The Morgan fingerprint density at radius 3 is 2.43 bits per heavy atom. The van der Waals surface area contributed by atoms with Crippen LogP contribution in [0.1, 0.15) is 15.3 Å². The van der Waals surface area contributed by atoms with E-state index in [0.29, 0.717) is 10.7 Å². The van der Waals surface area contributed by atoms with Crippen molar-refractivity contribution in [3.05, 3.63) is 92.6 Å². The Balaban J connectivity index is 1.61. The largest absolute Gasteiger partial charge is 0.298 e. The first kappa shape index (κ1) is 20.0. The SMILES string of the molecule is O=C1NC(=S)N(c2ccc(Cl)cc2)C(=O)/C1=C/c1ccc(C#Cc2ccccc2)s1. The standard InChI is InChI=1S/C23H13ClN2O2S2/c24-16-7-9-17(10-8-16)26-22(28)20(21(27)25-23(26)29)14-19-13-12-18(30-19)11-6-15-4-2-1-3-5-15/h1-5,7-10,12-14H,(H,25,27,29)/b20-14+. The van der Waals surface area contributed by atoms with Crippen molar-refractivity contribution in [1.29, 1.82) is 0 Å². The first-order valence-electron chi connectivity index (χ1n) is 8.85. The summed E-state index contributed by atoms with van der Waals surface area (Å²) < 4.78 is 0. The fourth-order valence-corrected chi connectivity index (χ4v) is 3.99. The lowest BCUT2D eigenvalue weighted by Gasteiger charge is -2.28. The maximum atomic E-state index is 13.0. The second-order valence-corrected chi connectivity index (χ2v) is 8.19. The van der Waals surface area contributed by atoms with Crippen LogP contribution in [0.25, 0.3) is 6.08 Å². The van der Waals surface area contributed by atoms with Crippen LogP contribution in [0.3, 0.4) is 0 Å². The van der Waals surface area contributed by atoms with Crippen molar-refractivity contribution < 1.29 is 9.59 Å². The van der Waals surface area contributed by atoms with Gasteiger partial charge < -0.3 is 0 Å². The number of thiocarbonyl (C=S) groups is 1. The molecule has 1 aliphatic rings. The summed E-state index contributed by atoms with van der Waals surface area (Å²) >= 11 is 12.5. The van der Waals surface area contributed by atoms with Crippen molar-refractivity contribution in [2.75, 3.05) is 4.90 Å². The number of carbonyl (C=O) groups excluding carboxylic acids is 2. The zero-order chi connectivity index (χ0) is 21.1. The lowest BCUT2D eigenvalue weighted by atomic mass is 10.1. The van der Waals surface area contributed by atoms with E-state index in [0.717, 1.165) is 15.3 Å². The number of anilines is 1. The lowest BCUT2D eigenvalue weighted by Crippen LogP contribution is -2.54. The number of hydrogen-bond acceptors (Lipinski definition) is 4. The molecule has 7 heteroatoms. The van der Waals surface area contributed by atoms with Crippen LogP contribution in [0.5, 0.6) is 0 Å². The Morgan fingerprint density at radius 2 is 1.70 bits per heavy atom. The Kier molecular flexibility index (Phi) is 5.77. The first-order valence-corrected chi connectivity index (χ1v) is 10.5. The number of carbonyl (C=O) groups is 2. The Morgan fingerprint density at radius 1 is 0.967 bits per heavy atom. The van der Waals surface area contributed by atoms with Crippen molar-refractivity contribution in [2.45, 2.75) is 0 Å². The molecule has 4 rings (SSSR count). The van der Waals surface area contributed by atoms with Gasteiger partial charge in [-0.2, -0.15) is 0 Å². The minimum absolute atomic E-state index is 0.00275. The van der Waals surface area contributed by atoms with E-state index in [9.17, 15) is 9.59 Å². The van der Waals surface area contributed by atoms with Crippen LogP contribution < -0.4 is 10.2 Å². The average molecular weight is 449 g/mol. The summed E-state index contributed by atoms with van der Waals surface area (Å²) in [6.45, 7) is 0. The molecule has 146 valence electrons. The predicted octanol–water partition coefficient (Wildman–Crippen LogP) is 4.63. The molecule has 2 amide bonds. The van der Waals surface area contributed by atoms with Gasteiger partial charge in [0.25, 0.3) is 11.8 Å². The number of thiophene rings is 1. The van der Waals surface area contributed by atoms with Gasteiger partial charge in [-0.3, -0.25) is 19.8 Å². The maximum Gasteiger partial charge on any atom is 0.270 e. The highest BCUT2D eigenvalue weighted by atomic mass is 35.5. The lowest BCUT2D eigenvalue weighted by molar-refractivity contribution is -0.122. The average Bonchev–Trinajstić information content (AvgIpc) is 3.19. The van der Waals surface area contributed by atoms with Crippen LogP contribution in [0.15, 0.2) is 72.3 Å². The smallest absolute Gasteiger partial charge is 0.270 e. The van der Waals surface area contributed by atoms with Crippen LogP contribution in [-0.4, -0.2) is 16.9 Å². The summed E-state index contributed by atoms with van der Waals surface area (Å²) in [5, 5.41) is 3.14. The summed E-state index contributed by atoms with van der Waals surface area (Å²) in [4.78, 5) is 28.3. The number of hydrogen-bond donors (Lipinski definition) is 1. The van der Waals surface area contributed by atoms with Crippen molar-refractivity contribution in [3.63, 3.8) is 0 Å². The zero-order valence-electron chi connectivity index (χ0n) is 15.4. The Labute approximate surface area is 187 Å². The summed E-state index contributed by atoms with van der Waals surface area (Å²) in [5.74, 6) is 5.17. The van der Waals surface area contributed by atoms with E-state index in [1.807, 2.05) is 42.5 Å². The highest BCUT2D eigenvalue weighted by Crippen LogP contribution is 2.25. The van der Waals surface area contributed by atoms with Gasteiger partial charge in [0.15, 0.2) is 5.11 Å². The van der Waals surface area contributed by atoms with Crippen LogP contribution >= 0.6 is 35.2 Å². The van der Waals surface area contributed by atoms with E-state index in [1.54, 1.807) is 30.3 Å². The summed E-state index contributed by atoms with van der Waals surface area (Å²) in [7, 11) is 0. The molecule has 1 fully saturated rings. The van der Waals surface area contributed by atoms with Crippen LogP contribution in [-0.2, 0) is 9.59 Å². The highest BCUT2D eigenvalue weighted by molar-refractivity contribution is 7.80. The van der Waals surface area contributed by atoms with Crippen LogP contribution in [0.4, 0.5) is 5.69 Å². The molecule has 1 saturated heterocycles. The molecule has 2 heterocycles. The molecule has 0 unspecified atom stereocenters. The second kappa shape index (κ2) is 8.64. The van der Waals surface area contributed by atoms with Gasteiger partial charge in [0.2, 0.25) is 0 Å². The van der Waals surface area contributed by atoms with Gasteiger partial charge in [-0.05, 0) is 66.8 Å². The molecule has 4 nitrogen and oxygen atoms in total. The molecule has 1 aromatic heterocycles. The number of nitrogens with zero attached hydrogens (tertiary/aromatic N) is 1.